The number of benzene rings is 2. The molecule has 0 amide bonds. The van der Waals surface area contributed by atoms with Gasteiger partial charge in [-0.05, 0) is 23.8 Å². The Hall–Kier alpha value is -0.740. The Kier molecular flexibility index (Phi) is 4.74. The summed E-state index contributed by atoms with van der Waals surface area (Å²) in [5.41, 5.74) is 6.91. The molecule has 0 saturated carbocycles. The van der Waals surface area contributed by atoms with Crippen molar-refractivity contribution < 1.29 is 4.21 Å². The van der Waals surface area contributed by atoms with Gasteiger partial charge in [-0.2, -0.15) is 0 Å². The van der Waals surface area contributed by atoms with Gasteiger partial charge < -0.3 is 5.73 Å². The zero-order chi connectivity index (χ0) is 14.0. The Labute approximate surface area is 128 Å². The van der Waals surface area contributed by atoms with Crippen molar-refractivity contribution in [2.75, 3.05) is 5.73 Å². The Balaban J connectivity index is 2.34. The van der Waals surface area contributed by atoms with E-state index < -0.39 is 10.8 Å². The minimum Gasteiger partial charge on any atom is -0.398 e. The first-order valence-electron chi connectivity index (χ1n) is 5.36. The maximum atomic E-state index is 12.4. The second-order valence-electron chi connectivity index (χ2n) is 3.86. The van der Waals surface area contributed by atoms with Gasteiger partial charge in [-0.25, -0.2) is 0 Å². The van der Waals surface area contributed by atoms with E-state index in [0.29, 0.717) is 31.2 Å². The highest BCUT2D eigenvalue weighted by atomic mass is 35.5. The molecule has 2 aromatic carbocycles. The molecule has 0 bridgehead atoms. The van der Waals surface area contributed by atoms with E-state index in [4.69, 9.17) is 40.5 Å². The third kappa shape index (κ3) is 3.23. The molecule has 1 unspecified atom stereocenters. The lowest BCUT2D eigenvalue weighted by Gasteiger charge is -2.09. The Morgan fingerprint density at radius 3 is 2.32 bits per heavy atom. The summed E-state index contributed by atoms with van der Waals surface area (Å²) in [6.45, 7) is 0. The lowest BCUT2D eigenvalue weighted by molar-refractivity contribution is 0.683. The predicted molar refractivity (Wildman–Crippen MR) is 82.4 cm³/mol. The molecule has 0 aliphatic rings. The summed E-state index contributed by atoms with van der Waals surface area (Å²) in [6.07, 6.45) is 0. The number of nitrogen functional groups attached to an aromatic ring is 1. The molecule has 0 aliphatic heterocycles. The van der Waals surface area contributed by atoms with Gasteiger partial charge in [-0.15, -0.1) is 0 Å². The van der Waals surface area contributed by atoms with Crippen molar-refractivity contribution in [1.29, 1.82) is 0 Å². The molecule has 0 fully saturated rings. The fraction of sp³-hybridized carbons (Fsp3) is 0.0769. The van der Waals surface area contributed by atoms with Gasteiger partial charge >= 0.3 is 0 Å². The summed E-state index contributed by atoms with van der Waals surface area (Å²) in [5.74, 6) is 0.216. The molecule has 0 saturated heterocycles. The second kappa shape index (κ2) is 6.14. The number of hydrogen-bond acceptors (Lipinski definition) is 2. The molecule has 100 valence electrons. The van der Waals surface area contributed by atoms with Gasteiger partial charge in [-0.1, -0.05) is 53.0 Å². The van der Waals surface area contributed by atoms with Crippen molar-refractivity contribution in [3.63, 3.8) is 0 Å². The maximum Gasteiger partial charge on any atom is 0.0806 e. The molecule has 2 nitrogen and oxygen atoms in total. The number of halogens is 3. The van der Waals surface area contributed by atoms with E-state index >= 15 is 0 Å². The summed E-state index contributed by atoms with van der Waals surface area (Å²) in [4.78, 5) is 0.431. The smallest absolute Gasteiger partial charge is 0.0806 e. The average Bonchev–Trinajstić information content (AvgIpc) is 2.35. The van der Waals surface area contributed by atoms with E-state index in [9.17, 15) is 4.21 Å². The predicted octanol–water partition coefficient (Wildman–Crippen LogP) is 4.54. The van der Waals surface area contributed by atoms with Gasteiger partial charge in [0, 0.05) is 5.69 Å². The number of hydrogen-bond donors (Lipinski definition) is 1. The normalized spacial score (nSPS) is 12.4. The topological polar surface area (TPSA) is 43.1 Å². The largest absolute Gasteiger partial charge is 0.398 e. The zero-order valence-electron chi connectivity index (χ0n) is 9.70. The van der Waals surface area contributed by atoms with E-state index in [1.54, 1.807) is 36.4 Å². The van der Waals surface area contributed by atoms with Crippen molar-refractivity contribution in [3.8, 4) is 0 Å². The highest BCUT2D eigenvalue weighted by Gasteiger charge is 2.15. The van der Waals surface area contributed by atoms with Crippen molar-refractivity contribution in [3.05, 3.63) is 57.0 Å². The quantitative estimate of drug-likeness (QED) is 0.838. The molecule has 1 atom stereocenters. The molecule has 0 aliphatic carbocycles. The van der Waals surface area contributed by atoms with Crippen LogP contribution in [-0.4, -0.2) is 4.21 Å². The fourth-order valence-corrected chi connectivity index (χ4v) is 3.83. The summed E-state index contributed by atoms with van der Waals surface area (Å²) < 4.78 is 12.4. The van der Waals surface area contributed by atoms with E-state index in [1.165, 1.54) is 0 Å². The van der Waals surface area contributed by atoms with Crippen LogP contribution in [0.3, 0.4) is 0 Å². The highest BCUT2D eigenvalue weighted by molar-refractivity contribution is 7.84. The molecule has 2 aromatic rings. The Morgan fingerprint density at radius 2 is 1.63 bits per heavy atom. The van der Waals surface area contributed by atoms with Gasteiger partial charge in [0.1, 0.15) is 0 Å². The molecule has 19 heavy (non-hydrogen) atoms. The standard InChI is InChI=1S/C13H10Cl3NOS/c14-9-4-1-3-8(12(9)16)7-19(18)13-10(15)5-2-6-11(13)17/h1-6H,7,17H2. The van der Waals surface area contributed by atoms with Crippen LogP contribution in [-0.2, 0) is 16.6 Å². The maximum absolute atomic E-state index is 12.4. The van der Waals surface area contributed by atoms with Crippen molar-refractivity contribution >= 4 is 51.3 Å². The first-order chi connectivity index (χ1) is 9.00. The van der Waals surface area contributed by atoms with Gasteiger partial charge in [0.15, 0.2) is 0 Å². The monoisotopic (exact) mass is 333 g/mol. The third-order valence-electron chi connectivity index (χ3n) is 2.54. The minimum atomic E-state index is -1.38. The molecular formula is C13H10Cl3NOS. The summed E-state index contributed by atoms with van der Waals surface area (Å²) in [7, 11) is -1.38. The molecule has 0 spiro atoms. The minimum absolute atomic E-state index is 0.216. The van der Waals surface area contributed by atoms with Crippen molar-refractivity contribution in [2.45, 2.75) is 10.6 Å². The molecule has 0 heterocycles. The molecular weight excluding hydrogens is 325 g/mol. The van der Waals surface area contributed by atoms with E-state index in [2.05, 4.69) is 0 Å². The first kappa shape index (κ1) is 14.7. The van der Waals surface area contributed by atoms with Crippen molar-refractivity contribution in [1.82, 2.24) is 0 Å². The van der Waals surface area contributed by atoms with E-state index in [-0.39, 0.29) is 5.75 Å². The first-order valence-corrected chi connectivity index (χ1v) is 7.81. The molecule has 0 radical (unpaired) electrons. The average molecular weight is 335 g/mol. The molecule has 2 rings (SSSR count). The number of nitrogens with two attached hydrogens (primary N) is 1. The van der Waals surface area contributed by atoms with Crippen LogP contribution in [0.1, 0.15) is 5.56 Å². The number of rotatable bonds is 3. The Bertz CT molecular complexity index is 626. The highest BCUT2D eigenvalue weighted by Crippen LogP contribution is 2.31. The van der Waals surface area contributed by atoms with Crippen molar-refractivity contribution in [2.24, 2.45) is 0 Å². The van der Waals surface area contributed by atoms with Crippen LogP contribution in [0, 0.1) is 0 Å². The fourth-order valence-electron chi connectivity index (χ4n) is 1.64. The summed E-state index contributed by atoms with van der Waals surface area (Å²) in [5, 5.41) is 1.22. The lowest BCUT2D eigenvalue weighted by atomic mass is 10.2. The van der Waals surface area contributed by atoms with Gasteiger partial charge in [0.05, 0.1) is 36.5 Å². The summed E-state index contributed by atoms with van der Waals surface area (Å²) in [6, 6.07) is 10.3. The van der Waals surface area contributed by atoms with Crippen LogP contribution in [0.15, 0.2) is 41.3 Å². The van der Waals surface area contributed by atoms with Crippen LogP contribution >= 0.6 is 34.8 Å². The van der Waals surface area contributed by atoms with Crippen LogP contribution in [0.25, 0.3) is 0 Å². The SMILES string of the molecule is Nc1cccc(Cl)c1S(=O)Cc1cccc(Cl)c1Cl. The van der Waals surface area contributed by atoms with Gasteiger partial charge in [0.25, 0.3) is 0 Å². The van der Waals surface area contributed by atoms with Crippen LogP contribution in [0.2, 0.25) is 15.1 Å². The van der Waals surface area contributed by atoms with Gasteiger partial charge in [-0.3, -0.25) is 4.21 Å². The lowest BCUT2D eigenvalue weighted by Crippen LogP contribution is -2.02. The van der Waals surface area contributed by atoms with E-state index in [1.807, 2.05) is 0 Å². The molecule has 0 aromatic heterocycles. The van der Waals surface area contributed by atoms with Crippen LogP contribution in [0.5, 0.6) is 0 Å². The van der Waals surface area contributed by atoms with Crippen LogP contribution in [0.4, 0.5) is 5.69 Å². The molecule has 6 heteroatoms. The number of anilines is 1. The van der Waals surface area contributed by atoms with Crippen LogP contribution < -0.4 is 5.73 Å². The van der Waals surface area contributed by atoms with E-state index in [0.717, 1.165) is 0 Å². The molecule has 2 N–H and O–H groups in total. The zero-order valence-corrected chi connectivity index (χ0v) is 12.8. The summed E-state index contributed by atoms with van der Waals surface area (Å²) >= 11 is 18.0. The second-order valence-corrected chi connectivity index (χ2v) is 6.44. The Morgan fingerprint density at radius 1 is 1.00 bits per heavy atom. The third-order valence-corrected chi connectivity index (χ3v) is 5.31. The van der Waals surface area contributed by atoms with Gasteiger partial charge in [0.2, 0.25) is 0 Å².